The van der Waals surface area contributed by atoms with Crippen LogP contribution in [-0.4, -0.2) is 43.7 Å². The van der Waals surface area contributed by atoms with E-state index in [-0.39, 0.29) is 6.10 Å². The minimum absolute atomic E-state index is 0.276. The highest BCUT2D eigenvalue weighted by Crippen LogP contribution is 2.17. The van der Waals surface area contributed by atoms with Crippen molar-refractivity contribution in [3.05, 3.63) is 60.3 Å². The molecule has 1 aliphatic rings. The molecule has 0 aromatic carbocycles. The number of likely N-dealkylation sites (tertiary alicyclic amines) is 1. The molecule has 3 aromatic rings. The van der Waals surface area contributed by atoms with Gasteiger partial charge in [-0.2, -0.15) is 5.10 Å². The first-order chi connectivity index (χ1) is 11.9. The molecular formula is C18H21N5O. The molecule has 0 bridgehead atoms. The van der Waals surface area contributed by atoms with Crippen LogP contribution in [0.1, 0.15) is 24.1 Å². The maximum Gasteiger partial charge on any atom is 0.155 e. The second-order valence-corrected chi connectivity index (χ2v) is 6.23. The van der Waals surface area contributed by atoms with Gasteiger partial charge in [-0.15, -0.1) is 0 Å². The first-order valence-corrected chi connectivity index (χ1v) is 8.39. The van der Waals surface area contributed by atoms with Gasteiger partial charge in [0.1, 0.15) is 6.33 Å². The lowest BCUT2D eigenvalue weighted by atomic mass is 10.1. The molecule has 0 spiro atoms. The van der Waals surface area contributed by atoms with Gasteiger partial charge in [-0.1, -0.05) is 6.07 Å². The van der Waals surface area contributed by atoms with E-state index in [0.717, 1.165) is 37.4 Å². The van der Waals surface area contributed by atoms with Crippen molar-refractivity contribution in [1.29, 1.82) is 0 Å². The Morgan fingerprint density at radius 1 is 1.21 bits per heavy atom. The van der Waals surface area contributed by atoms with Crippen LogP contribution in [0.4, 0.5) is 0 Å². The molecule has 1 fully saturated rings. The van der Waals surface area contributed by atoms with E-state index >= 15 is 0 Å². The average molecular weight is 323 g/mol. The van der Waals surface area contributed by atoms with E-state index < -0.39 is 0 Å². The Hall–Kier alpha value is -2.31. The molecule has 0 aliphatic carbocycles. The standard InChI is InChI=1S/C18H21N5O/c1-2-7-19-16(4-1)13-24-17-5-3-8-22(12-17)11-15-6-9-23-18(10-15)20-14-21-23/h1-2,4,6-7,9-10,14,17H,3,5,8,11-13H2. The van der Waals surface area contributed by atoms with E-state index in [1.165, 1.54) is 12.0 Å². The predicted molar refractivity (Wildman–Crippen MR) is 90.3 cm³/mol. The van der Waals surface area contributed by atoms with Gasteiger partial charge in [0.15, 0.2) is 5.65 Å². The number of nitrogens with zero attached hydrogens (tertiary/aromatic N) is 5. The number of aromatic nitrogens is 4. The molecular weight excluding hydrogens is 302 g/mol. The van der Waals surface area contributed by atoms with Crippen LogP contribution in [-0.2, 0) is 17.9 Å². The Bertz CT molecular complexity index is 788. The van der Waals surface area contributed by atoms with Gasteiger partial charge in [0.25, 0.3) is 0 Å². The third-order valence-corrected chi connectivity index (χ3v) is 4.41. The zero-order chi connectivity index (χ0) is 16.2. The molecule has 1 saturated heterocycles. The number of pyridine rings is 2. The first kappa shape index (κ1) is 15.2. The van der Waals surface area contributed by atoms with Crippen LogP contribution >= 0.6 is 0 Å². The summed E-state index contributed by atoms with van der Waals surface area (Å²) in [5, 5.41) is 4.14. The van der Waals surface area contributed by atoms with Crippen LogP contribution in [0.2, 0.25) is 0 Å². The van der Waals surface area contributed by atoms with E-state index in [0.29, 0.717) is 6.61 Å². The van der Waals surface area contributed by atoms with Gasteiger partial charge >= 0.3 is 0 Å². The summed E-state index contributed by atoms with van der Waals surface area (Å²) in [7, 11) is 0. The summed E-state index contributed by atoms with van der Waals surface area (Å²) in [6.45, 7) is 3.59. The Labute approximate surface area is 141 Å². The fraction of sp³-hybridized carbons (Fsp3) is 0.389. The topological polar surface area (TPSA) is 55.6 Å². The van der Waals surface area contributed by atoms with E-state index in [1.807, 2.05) is 30.6 Å². The molecule has 1 aliphatic heterocycles. The lowest BCUT2D eigenvalue weighted by molar-refractivity contribution is -0.0132. The number of hydrogen-bond acceptors (Lipinski definition) is 5. The summed E-state index contributed by atoms with van der Waals surface area (Å²) < 4.78 is 7.85. The first-order valence-electron chi connectivity index (χ1n) is 8.39. The van der Waals surface area contributed by atoms with Crippen LogP contribution in [0, 0.1) is 0 Å². The highest BCUT2D eigenvalue weighted by molar-refractivity contribution is 5.39. The average Bonchev–Trinajstić information content (AvgIpc) is 3.09. The van der Waals surface area contributed by atoms with E-state index in [2.05, 4.69) is 32.1 Å². The largest absolute Gasteiger partial charge is 0.371 e. The summed E-state index contributed by atoms with van der Waals surface area (Å²) >= 11 is 0. The smallest absolute Gasteiger partial charge is 0.155 e. The summed E-state index contributed by atoms with van der Waals surface area (Å²) in [6.07, 6.45) is 7.93. The van der Waals surface area contributed by atoms with Crippen LogP contribution in [0.3, 0.4) is 0 Å². The van der Waals surface area contributed by atoms with Gasteiger partial charge in [0.2, 0.25) is 0 Å². The summed E-state index contributed by atoms with van der Waals surface area (Å²) in [5.41, 5.74) is 3.15. The van der Waals surface area contributed by atoms with Gasteiger partial charge in [-0.05, 0) is 49.2 Å². The van der Waals surface area contributed by atoms with Gasteiger partial charge in [-0.25, -0.2) is 9.50 Å². The highest BCUT2D eigenvalue weighted by atomic mass is 16.5. The Morgan fingerprint density at radius 2 is 2.21 bits per heavy atom. The molecule has 1 atom stereocenters. The molecule has 0 amide bonds. The molecule has 24 heavy (non-hydrogen) atoms. The summed E-state index contributed by atoms with van der Waals surface area (Å²) in [5.74, 6) is 0. The lowest BCUT2D eigenvalue weighted by Gasteiger charge is -2.32. The van der Waals surface area contributed by atoms with Crippen LogP contribution in [0.15, 0.2) is 49.1 Å². The molecule has 4 rings (SSSR count). The van der Waals surface area contributed by atoms with Crippen LogP contribution in [0.25, 0.3) is 5.65 Å². The van der Waals surface area contributed by atoms with Crippen LogP contribution < -0.4 is 0 Å². The maximum atomic E-state index is 6.06. The summed E-state index contributed by atoms with van der Waals surface area (Å²) in [6, 6.07) is 10.2. The predicted octanol–water partition coefficient (Wildman–Crippen LogP) is 2.31. The fourth-order valence-corrected chi connectivity index (χ4v) is 3.19. The zero-order valence-electron chi connectivity index (χ0n) is 13.6. The molecule has 124 valence electrons. The summed E-state index contributed by atoms with van der Waals surface area (Å²) in [4.78, 5) is 11.0. The minimum atomic E-state index is 0.276. The number of hydrogen-bond donors (Lipinski definition) is 0. The molecule has 0 N–H and O–H groups in total. The van der Waals surface area contributed by atoms with Crippen molar-refractivity contribution in [3.8, 4) is 0 Å². The van der Waals surface area contributed by atoms with Crippen molar-refractivity contribution in [2.75, 3.05) is 13.1 Å². The Kier molecular flexibility index (Phi) is 4.49. The quantitative estimate of drug-likeness (QED) is 0.721. The number of ether oxygens (including phenoxy) is 1. The number of fused-ring (bicyclic) bond motifs is 1. The zero-order valence-corrected chi connectivity index (χ0v) is 13.6. The highest BCUT2D eigenvalue weighted by Gasteiger charge is 2.20. The Balaban J connectivity index is 1.34. The molecule has 6 heteroatoms. The normalized spacial score (nSPS) is 18.9. The third-order valence-electron chi connectivity index (χ3n) is 4.41. The van der Waals surface area contributed by atoms with Crippen LogP contribution in [0.5, 0.6) is 0 Å². The van der Waals surface area contributed by atoms with E-state index in [4.69, 9.17) is 4.74 Å². The molecule has 0 radical (unpaired) electrons. The third kappa shape index (κ3) is 3.60. The number of piperidine rings is 1. The van der Waals surface area contributed by atoms with E-state index in [9.17, 15) is 0 Å². The van der Waals surface area contributed by atoms with Gasteiger partial charge in [0.05, 0.1) is 18.4 Å². The van der Waals surface area contributed by atoms with Gasteiger partial charge < -0.3 is 4.74 Å². The Morgan fingerprint density at radius 3 is 3.12 bits per heavy atom. The minimum Gasteiger partial charge on any atom is -0.371 e. The van der Waals surface area contributed by atoms with Crippen molar-refractivity contribution >= 4 is 5.65 Å². The maximum absolute atomic E-state index is 6.06. The van der Waals surface area contributed by atoms with Gasteiger partial charge in [-0.3, -0.25) is 9.88 Å². The molecule has 0 saturated carbocycles. The van der Waals surface area contributed by atoms with Crippen molar-refractivity contribution in [2.45, 2.75) is 32.1 Å². The van der Waals surface area contributed by atoms with Crippen molar-refractivity contribution in [2.24, 2.45) is 0 Å². The lowest BCUT2D eigenvalue weighted by Crippen LogP contribution is -2.39. The molecule has 4 heterocycles. The number of rotatable bonds is 5. The van der Waals surface area contributed by atoms with E-state index in [1.54, 1.807) is 10.8 Å². The molecule has 6 nitrogen and oxygen atoms in total. The van der Waals surface area contributed by atoms with Crippen molar-refractivity contribution < 1.29 is 4.74 Å². The molecule has 3 aromatic heterocycles. The molecule has 1 unspecified atom stereocenters. The van der Waals surface area contributed by atoms with Gasteiger partial charge in [0, 0.05) is 25.5 Å². The SMILES string of the molecule is c1ccc(COC2CCCN(Cc3ccn4ncnc4c3)C2)nc1. The van der Waals surface area contributed by atoms with Crippen molar-refractivity contribution in [3.63, 3.8) is 0 Å². The second kappa shape index (κ2) is 7.07. The second-order valence-electron chi connectivity index (χ2n) is 6.23. The van der Waals surface area contributed by atoms with Crippen molar-refractivity contribution in [1.82, 2.24) is 24.5 Å². The monoisotopic (exact) mass is 323 g/mol. The fourth-order valence-electron chi connectivity index (χ4n) is 3.19.